The maximum absolute atomic E-state index is 13.0. The van der Waals surface area contributed by atoms with Crippen LogP contribution in [0.15, 0.2) is 71.7 Å². The Morgan fingerprint density at radius 2 is 1.73 bits per heavy atom. The average molecular weight is 421 g/mol. The second-order valence-electron chi connectivity index (χ2n) is 6.86. The average Bonchev–Trinajstić information content (AvgIpc) is 3.27. The van der Waals surface area contributed by atoms with Crippen molar-refractivity contribution in [2.45, 2.75) is 19.9 Å². The predicted molar refractivity (Wildman–Crippen MR) is 120 cm³/mol. The number of benzene rings is 2. The molecule has 3 aromatic rings. The summed E-state index contributed by atoms with van der Waals surface area (Å²) in [4.78, 5) is 26.5. The first-order valence-electron chi connectivity index (χ1n) is 9.54. The van der Waals surface area contributed by atoms with Crippen molar-refractivity contribution in [2.75, 3.05) is 7.11 Å². The highest BCUT2D eigenvalue weighted by molar-refractivity contribution is 7.10. The van der Waals surface area contributed by atoms with Crippen LogP contribution in [-0.4, -0.2) is 18.9 Å². The summed E-state index contributed by atoms with van der Waals surface area (Å²) >= 11 is 1.49. The van der Waals surface area contributed by atoms with Crippen molar-refractivity contribution in [2.24, 2.45) is 0 Å². The van der Waals surface area contributed by atoms with Gasteiger partial charge in [0.15, 0.2) is 0 Å². The Morgan fingerprint density at radius 1 is 1.03 bits per heavy atom. The van der Waals surface area contributed by atoms with E-state index < -0.39 is 0 Å². The van der Waals surface area contributed by atoms with Gasteiger partial charge in [-0.25, -0.2) is 0 Å². The monoisotopic (exact) mass is 420 g/mol. The van der Waals surface area contributed by atoms with Crippen molar-refractivity contribution in [1.82, 2.24) is 10.6 Å². The van der Waals surface area contributed by atoms with Gasteiger partial charge in [-0.15, -0.1) is 11.3 Å². The Morgan fingerprint density at radius 3 is 2.33 bits per heavy atom. The summed E-state index contributed by atoms with van der Waals surface area (Å²) in [6, 6.07) is 18.2. The van der Waals surface area contributed by atoms with Gasteiger partial charge in [0.1, 0.15) is 11.4 Å². The number of aryl methyl sites for hydroxylation is 1. The van der Waals surface area contributed by atoms with E-state index in [2.05, 4.69) is 10.6 Å². The normalized spacial score (nSPS) is 12.2. The van der Waals surface area contributed by atoms with Crippen LogP contribution in [0.25, 0.3) is 6.08 Å². The number of carbonyl (C=O) groups excluding carboxylic acids is 2. The third kappa shape index (κ3) is 5.58. The molecule has 2 aromatic carbocycles. The van der Waals surface area contributed by atoms with E-state index in [4.69, 9.17) is 4.74 Å². The molecule has 0 saturated heterocycles. The van der Waals surface area contributed by atoms with Crippen molar-refractivity contribution in [3.63, 3.8) is 0 Å². The first-order valence-corrected chi connectivity index (χ1v) is 10.4. The highest BCUT2D eigenvalue weighted by atomic mass is 32.1. The van der Waals surface area contributed by atoms with E-state index in [-0.39, 0.29) is 23.6 Å². The van der Waals surface area contributed by atoms with E-state index in [1.165, 1.54) is 11.3 Å². The fraction of sp³-hybridized carbons (Fsp3) is 0.167. The molecule has 30 heavy (non-hydrogen) atoms. The number of rotatable bonds is 7. The van der Waals surface area contributed by atoms with E-state index >= 15 is 0 Å². The van der Waals surface area contributed by atoms with Crippen LogP contribution in [0, 0.1) is 6.92 Å². The first kappa shape index (κ1) is 21.3. The molecule has 0 spiro atoms. The third-order valence-corrected chi connectivity index (χ3v) is 5.42. The zero-order chi connectivity index (χ0) is 21.5. The maximum Gasteiger partial charge on any atom is 0.268 e. The Kier molecular flexibility index (Phi) is 7.03. The van der Waals surface area contributed by atoms with Crippen LogP contribution in [-0.2, 0) is 4.79 Å². The highest BCUT2D eigenvalue weighted by Gasteiger charge is 2.17. The van der Waals surface area contributed by atoms with Gasteiger partial charge in [0.05, 0.1) is 13.2 Å². The Labute approximate surface area is 180 Å². The molecule has 154 valence electrons. The molecule has 0 aliphatic rings. The number of ether oxygens (including phenoxy) is 1. The summed E-state index contributed by atoms with van der Waals surface area (Å²) in [5.74, 6) is 0.0677. The zero-order valence-corrected chi connectivity index (χ0v) is 18.0. The minimum absolute atomic E-state index is 0.198. The van der Waals surface area contributed by atoms with Gasteiger partial charge in [0.2, 0.25) is 0 Å². The summed E-state index contributed by atoms with van der Waals surface area (Å²) in [5.41, 5.74) is 2.69. The van der Waals surface area contributed by atoms with Gasteiger partial charge in [-0.3, -0.25) is 9.59 Å². The molecule has 6 heteroatoms. The second-order valence-corrected chi connectivity index (χ2v) is 7.84. The number of hydrogen-bond donors (Lipinski definition) is 2. The first-order chi connectivity index (χ1) is 14.5. The van der Waals surface area contributed by atoms with Crippen LogP contribution in [0.2, 0.25) is 0 Å². The van der Waals surface area contributed by atoms with E-state index in [1.807, 2.05) is 67.8 Å². The van der Waals surface area contributed by atoms with E-state index in [0.717, 1.165) is 21.8 Å². The van der Waals surface area contributed by atoms with Gasteiger partial charge in [0, 0.05) is 10.4 Å². The molecular weight excluding hydrogens is 396 g/mol. The molecule has 1 atom stereocenters. The number of carbonyl (C=O) groups is 2. The molecule has 0 aliphatic heterocycles. The summed E-state index contributed by atoms with van der Waals surface area (Å²) < 4.78 is 5.18. The molecule has 0 aliphatic carbocycles. The van der Waals surface area contributed by atoms with Gasteiger partial charge in [-0.05, 0) is 61.2 Å². The largest absolute Gasteiger partial charge is 0.497 e. The molecular formula is C24H24N2O3S. The zero-order valence-electron chi connectivity index (χ0n) is 17.1. The quantitative estimate of drug-likeness (QED) is 0.544. The fourth-order valence-electron chi connectivity index (χ4n) is 2.82. The molecule has 0 saturated carbocycles. The summed E-state index contributed by atoms with van der Waals surface area (Å²) in [6.07, 6.45) is 1.69. The molecule has 5 nitrogen and oxygen atoms in total. The molecule has 0 bridgehead atoms. The molecule has 0 radical (unpaired) electrons. The molecule has 0 fully saturated rings. The lowest BCUT2D eigenvalue weighted by molar-refractivity contribution is -0.118. The van der Waals surface area contributed by atoms with Crippen LogP contribution < -0.4 is 15.4 Å². The number of nitrogens with one attached hydrogen (secondary N) is 2. The molecule has 3 rings (SSSR count). The molecule has 1 aromatic heterocycles. The Balaban J connectivity index is 1.78. The Hall–Kier alpha value is -3.38. The Bertz CT molecular complexity index is 1020. The second kappa shape index (κ2) is 9.89. The number of amides is 2. The minimum atomic E-state index is -0.354. The maximum atomic E-state index is 13.0. The van der Waals surface area contributed by atoms with Crippen LogP contribution in [0.3, 0.4) is 0 Å². The van der Waals surface area contributed by atoms with Crippen LogP contribution in [0.4, 0.5) is 0 Å². The van der Waals surface area contributed by atoms with E-state index in [1.54, 1.807) is 25.3 Å². The summed E-state index contributed by atoms with van der Waals surface area (Å²) in [5, 5.41) is 7.64. The van der Waals surface area contributed by atoms with Crippen LogP contribution in [0.5, 0.6) is 5.75 Å². The van der Waals surface area contributed by atoms with Crippen molar-refractivity contribution in [1.29, 1.82) is 0 Å². The lowest BCUT2D eigenvalue weighted by Crippen LogP contribution is -2.36. The standard InChI is InChI=1S/C24H24N2O3S/c1-16-6-8-19(9-7-16)23(27)26-22(15-21-5-4-14-30-21)24(28)25-17(2)18-10-12-20(29-3)13-11-18/h4-15,17H,1-3H3,(H,25,28)(H,26,27)/b22-15-. The smallest absolute Gasteiger partial charge is 0.268 e. The number of hydrogen-bond acceptors (Lipinski definition) is 4. The van der Waals surface area contributed by atoms with Gasteiger partial charge in [-0.1, -0.05) is 35.9 Å². The number of thiophene rings is 1. The lowest BCUT2D eigenvalue weighted by atomic mass is 10.1. The van der Waals surface area contributed by atoms with Crippen LogP contribution >= 0.6 is 11.3 Å². The lowest BCUT2D eigenvalue weighted by Gasteiger charge is -2.17. The van der Waals surface area contributed by atoms with Crippen molar-refractivity contribution in [3.05, 3.63) is 93.3 Å². The highest BCUT2D eigenvalue weighted by Crippen LogP contribution is 2.18. The van der Waals surface area contributed by atoms with Gasteiger partial charge >= 0.3 is 0 Å². The fourth-order valence-corrected chi connectivity index (χ4v) is 3.48. The molecule has 1 unspecified atom stereocenters. The van der Waals surface area contributed by atoms with Gasteiger partial charge in [0.25, 0.3) is 11.8 Å². The van der Waals surface area contributed by atoms with Gasteiger partial charge < -0.3 is 15.4 Å². The van der Waals surface area contributed by atoms with Crippen molar-refractivity contribution < 1.29 is 14.3 Å². The number of methoxy groups -OCH3 is 1. The van der Waals surface area contributed by atoms with E-state index in [0.29, 0.717) is 5.56 Å². The predicted octanol–water partition coefficient (Wildman–Crippen LogP) is 4.71. The third-order valence-electron chi connectivity index (χ3n) is 4.60. The summed E-state index contributed by atoms with van der Waals surface area (Å²) in [7, 11) is 1.61. The molecule has 2 N–H and O–H groups in total. The van der Waals surface area contributed by atoms with Crippen molar-refractivity contribution >= 4 is 29.2 Å². The molecule has 2 amide bonds. The van der Waals surface area contributed by atoms with E-state index in [9.17, 15) is 9.59 Å². The summed E-state index contributed by atoms with van der Waals surface area (Å²) in [6.45, 7) is 3.85. The van der Waals surface area contributed by atoms with Crippen LogP contribution in [0.1, 0.15) is 39.3 Å². The topological polar surface area (TPSA) is 67.4 Å². The minimum Gasteiger partial charge on any atom is -0.497 e. The van der Waals surface area contributed by atoms with Crippen molar-refractivity contribution in [3.8, 4) is 5.75 Å². The molecule has 1 heterocycles. The van der Waals surface area contributed by atoms with Gasteiger partial charge in [-0.2, -0.15) is 0 Å². The SMILES string of the molecule is COc1ccc(C(C)NC(=O)/C(=C/c2cccs2)NC(=O)c2ccc(C)cc2)cc1.